The van der Waals surface area contributed by atoms with Crippen LogP contribution in [0.3, 0.4) is 0 Å². The summed E-state index contributed by atoms with van der Waals surface area (Å²) in [4.78, 5) is 18.0. The van der Waals surface area contributed by atoms with Crippen molar-refractivity contribution in [3.05, 3.63) is 29.7 Å². The van der Waals surface area contributed by atoms with Crippen molar-refractivity contribution in [2.75, 3.05) is 18.0 Å². The van der Waals surface area contributed by atoms with Crippen molar-refractivity contribution in [3.63, 3.8) is 0 Å². The van der Waals surface area contributed by atoms with Crippen molar-refractivity contribution in [1.82, 2.24) is 10.3 Å². The fourth-order valence-corrected chi connectivity index (χ4v) is 3.92. The maximum absolute atomic E-state index is 13.6. The predicted octanol–water partition coefficient (Wildman–Crippen LogP) is 1.94. The predicted molar refractivity (Wildman–Crippen MR) is 108 cm³/mol. The van der Waals surface area contributed by atoms with E-state index in [2.05, 4.69) is 4.98 Å². The second-order valence-corrected chi connectivity index (χ2v) is 7.97. The van der Waals surface area contributed by atoms with Gasteiger partial charge in [0.05, 0.1) is 12.3 Å². The Bertz CT molecular complexity index is 862. The molecule has 8 nitrogen and oxygen atoms in total. The molecule has 1 saturated heterocycles. The lowest BCUT2D eigenvalue weighted by molar-refractivity contribution is -0.192. The second-order valence-electron chi connectivity index (χ2n) is 7.97. The highest BCUT2D eigenvalue weighted by Crippen LogP contribution is 2.40. The molecular formula is C20H26F3N5O3. The van der Waals surface area contributed by atoms with Crippen LogP contribution in [0.2, 0.25) is 0 Å². The van der Waals surface area contributed by atoms with Gasteiger partial charge in [-0.2, -0.15) is 13.2 Å². The molecule has 11 heteroatoms. The number of aliphatic hydroxyl groups is 1. The largest absolute Gasteiger partial charge is 0.489 e. The van der Waals surface area contributed by atoms with E-state index in [9.17, 15) is 23.1 Å². The molecule has 1 aromatic heterocycles. The van der Waals surface area contributed by atoms with Gasteiger partial charge in [0.2, 0.25) is 0 Å². The topological polar surface area (TPSA) is 125 Å². The number of carbonyl (C=O) groups excluding carboxylic acids is 1. The van der Waals surface area contributed by atoms with E-state index in [-0.39, 0.29) is 11.8 Å². The van der Waals surface area contributed by atoms with Crippen LogP contribution in [0, 0.1) is 17.2 Å². The molecule has 170 valence electrons. The Morgan fingerprint density at radius 2 is 2.00 bits per heavy atom. The Labute approximate surface area is 177 Å². The van der Waals surface area contributed by atoms with Gasteiger partial charge in [0.25, 0.3) is 5.91 Å². The number of pyridine rings is 1. The van der Waals surface area contributed by atoms with Crippen LogP contribution >= 0.6 is 0 Å². The molecule has 2 aliphatic heterocycles. The van der Waals surface area contributed by atoms with Gasteiger partial charge in [-0.3, -0.25) is 4.79 Å². The first kappa shape index (κ1) is 22.9. The fourth-order valence-electron chi connectivity index (χ4n) is 3.92. The molecule has 0 unspecified atom stereocenters. The van der Waals surface area contributed by atoms with Gasteiger partial charge in [-0.25, -0.2) is 4.98 Å². The Hall–Kier alpha value is -2.82. The number of aliphatic hydroxyl groups excluding tert-OH is 1. The third-order valence-electron chi connectivity index (χ3n) is 5.41. The third-order valence-corrected chi connectivity index (χ3v) is 5.41. The van der Waals surface area contributed by atoms with Crippen molar-refractivity contribution >= 4 is 17.4 Å². The van der Waals surface area contributed by atoms with Crippen LogP contribution in [0.1, 0.15) is 26.7 Å². The molecule has 1 aromatic rings. The first-order valence-corrected chi connectivity index (χ1v) is 10.0. The van der Waals surface area contributed by atoms with Crippen LogP contribution < -0.4 is 20.7 Å². The zero-order chi connectivity index (χ0) is 22.9. The lowest BCUT2D eigenvalue weighted by Crippen LogP contribution is -2.54. The van der Waals surface area contributed by atoms with Crippen LogP contribution in [0.15, 0.2) is 29.7 Å². The number of aromatic nitrogens is 1. The number of alkyl halides is 3. The summed E-state index contributed by atoms with van der Waals surface area (Å²) in [7, 11) is 0. The summed E-state index contributed by atoms with van der Waals surface area (Å²) in [6.45, 7) is 4.80. The Balaban J connectivity index is 1.70. The first-order chi connectivity index (χ1) is 14.5. The van der Waals surface area contributed by atoms with Crippen molar-refractivity contribution < 1.29 is 27.8 Å². The minimum atomic E-state index is -4.91. The van der Waals surface area contributed by atoms with Crippen molar-refractivity contribution in [3.8, 4) is 5.75 Å². The molecule has 0 aromatic carbocycles. The average Bonchev–Trinajstić information content (AvgIpc) is 2.69. The van der Waals surface area contributed by atoms with E-state index in [1.165, 1.54) is 0 Å². The molecule has 0 saturated carbocycles. The monoisotopic (exact) mass is 441 g/mol. The molecule has 3 rings (SSSR count). The van der Waals surface area contributed by atoms with Gasteiger partial charge in [0.1, 0.15) is 29.4 Å². The molecular weight excluding hydrogens is 415 g/mol. The van der Waals surface area contributed by atoms with Crippen LogP contribution in [0.5, 0.6) is 5.75 Å². The molecule has 5 N–H and O–H groups in total. The molecule has 1 amide bonds. The maximum Gasteiger partial charge on any atom is 0.398 e. The number of nitrogens with one attached hydrogen (secondary N) is 2. The summed E-state index contributed by atoms with van der Waals surface area (Å²) in [6.07, 6.45) is -4.77. The van der Waals surface area contributed by atoms with E-state index < -0.39 is 41.4 Å². The quantitative estimate of drug-likeness (QED) is 0.518. The molecule has 0 spiro atoms. The molecule has 3 heterocycles. The number of hydrogen-bond acceptors (Lipinski definition) is 7. The van der Waals surface area contributed by atoms with Crippen molar-refractivity contribution in [2.45, 2.75) is 45.1 Å². The Kier molecular flexibility index (Phi) is 6.44. The number of ether oxygens (including phenoxy) is 1. The SMILES string of the molecule is CC(C)Oc1ccc(N2CCC(C(=N)C3=C(N)NC(=O)[C@H](O)[C@@H]3C(F)(F)F)CC2)nc1. The third kappa shape index (κ3) is 4.92. The minimum Gasteiger partial charge on any atom is -0.489 e. The number of rotatable bonds is 5. The fraction of sp³-hybridized carbons (Fsp3) is 0.550. The molecule has 2 atom stereocenters. The van der Waals surface area contributed by atoms with Gasteiger partial charge in [0.15, 0.2) is 0 Å². The number of anilines is 1. The number of nitrogens with zero attached hydrogens (tertiary/aromatic N) is 2. The standard InChI is InChI=1S/C20H26F3N5O3/c1-10(2)31-12-3-4-13(26-9-12)28-7-5-11(6-8-28)16(24)14-15(20(21,22)23)17(29)19(30)27-18(14)25/h3-4,9-11,15,17,24,29H,5-8,25H2,1-2H3,(H,27,30)/t15-,17-/m1/s1. The lowest BCUT2D eigenvalue weighted by atomic mass is 9.79. The van der Waals surface area contributed by atoms with E-state index >= 15 is 0 Å². The smallest absolute Gasteiger partial charge is 0.398 e. The molecule has 0 radical (unpaired) electrons. The minimum absolute atomic E-state index is 0.0276. The number of nitrogens with two attached hydrogens (primary N) is 1. The van der Waals surface area contributed by atoms with E-state index in [1.807, 2.05) is 36.2 Å². The van der Waals surface area contributed by atoms with Gasteiger partial charge in [-0.05, 0) is 38.8 Å². The maximum atomic E-state index is 13.6. The van der Waals surface area contributed by atoms with E-state index in [1.54, 1.807) is 6.20 Å². The van der Waals surface area contributed by atoms with E-state index in [4.69, 9.17) is 15.9 Å². The molecule has 1 fully saturated rings. The summed E-state index contributed by atoms with van der Waals surface area (Å²) < 4.78 is 46.2. The molecule has 0 bridgehead atoms. The summed E-state index contributed by atoms with van der Waals surface area (Å²) in [5.41, 5.74) is 4.81. The molecule has 0 aliphatic carbocycles. The van der Waals surface area contributed by atoms with Crippen LogP contribution in [0.4, 0.5) is 19.0 Å². The Morgan fingerprint density at radius 3 is 2.52 bits per heavy atom. The van der Waals surface area contributed by atoms with Gasteiger partial charge < -0.3 is 31.2 Å². The van der Waals surface area contributed by atoms with Crippen LogP contribution in [-0.4, -0.2) is 53.2 Å². The van der Waals surface area contributed by atoms with Gasteiger partial charge in [-0.1, -0.05) is 0 Å². The number of carbonyl (C=O) groups is 1. The van der Waals surface area contributed by atoms with Gasteiger partial charge >= 0.3 is 6.18 Å². The zero-order valence-corrected chi connectivity index (χ0v) is 17.2. The highest BCUT2D eigenvalue weighted by Gasteiger charge is 2.53. The summed E-state index contributed by atoms with van der Waals surface area (Å²) in [5.74, 6) is -3.38. The van der Waals surface area contributed by atoms with E-state index in [0.717, 1.165) is 0 Å². The Morgan fingerprint density at radius 1 is 1.35 bits per heavy atom. The highest BCUT2D eigenvalue weighted by molar-refractivity contribution is 6.03. The van der Waals surface area contributed by atoms with Gasteiger partial charge in [0, 0.05) is 30.3 Å². The lowest BCUT2D eigenvalue weighted by Gasteiger charge is -2.37. The second kappa shape index (κ2) is 8.74. The molecule has 31 heavy (non-hydrogen) atoms. The summed E-state index contributed by atoms with van der Waals surface area (Å²) >= 11 is 0. The summed E-state index contributed by atoms with van der Waals surface area (Å²) in [6, 6.07) is 3.62. The number of amides is 1. The number of hydrogen-bond donors (Lipinski definition) is 4. The van der Waals surface area contributed by atoms with Crippen molar-refractivity contribution in [1.29, 1.82) is 5.41 Å². The number of halogens is 3. The normalized spacial score (nSPS) is 23.2. The zero-order valence-electron chi connectivity index (χ0n) is 17.2. The van der Waals surface area contributed by atoms with Crippen LogP contribution in [0.25, 0.3) is 0 Å². The average molecular weight is 441 g/mol. The van der Waals surface area contributed by atoms with E-state index in [0.29, 0.717) is 37.5 Å². The highest BCUT2D eigenvalue weighted by atomic mass is 19.4. The first-order valence-electron chi connectivity index (χ1n) is 10.0. The van der Waals surface area contributed by atoms with Crippen molar-refractivity contribution in [2.24, 2.45) is 17.6 Å². The number of piperidine rings is 1. The molecule has 2 aliphatic rings. The summed E-state index contributed by atoms with van der Waals surface area (Å²) in [5, 5.41) is 20.3. The van der Waals surface area contributed by atoms with Gasteiger partial charge in [-0.15, -0.1) is 0 Å². The van der Waals surface area contributed by atoms with Crippen LogP contribution in [-0.2, 0) is 4.79 Å².